The van der Waals surface area contributed by atoms with Crippen molar-refractivity contribution in [2.75, 3.05) is 12.0 Å². The minimum atomic E-state index is -0.953. The Morgan fingerprint density at radius 3 is 2.95 bits per heavy atom. The summed E-state index contributed by atoms with van der Waals surface area (Å²) >= 11 is 1.60. The Morgan fingerprint density at radius 2 is 2.32 bits per heavy atom. The molecular weight excluding hydrogens is 264 g/mol. The Morgan fingerprint density at radius 1 is 1.58 bits per heavy atom. The van der Waals surface area contributed by atoms with Crippen molar-refractivity contribution in [1.82, 2.24) is 10.5 Å². The quantitative estimate of drug-likeness (QED) is 0.759. The highest BCUT2D eigenvalue weighted by Gasteiger charge is 2.15. The summed E-state index contributed by atoms with van der Waals surface area (Å²) < 4.78 is 5.13. The van der Waals surface area contributed by atoms with Crippen LogP contribution in [0.4, 0.5) is 0 Å². The van der Waals surface area contributed by atoms with Gasteiger partial charge in [-0.15, -0.1) is 0 Å². The van der Waals surface area contributed by atoms with Gasteiger partial charge in [-0.2, -0.15) is 11.8 Å². The standard InChI is InChI=1S/C13H22N2O3S/c1-9(2)6-10-7-11(18-15-10)8-14-13(17)12(16)4-5-19-3/h7,9,12,16H,4-6,8H2,1-3H3,(H,14,17). The van der Waals surface area contributed by atoms with E-state index < -0.39 is 6.10 Å². The number of nitrogens with one attached hydrogen (secondary N) is 1. The number of carbonyl (C=O) groups excluding carboxylic acids is 1. The molecule has 5 nitrogen and oxygen atoms in total. The molecule has 0 aliphatic carbocycles. The van der Waals surface area contributed by atoms with Gasteiger partial charge in [-0.1, -0.05) is 19.0 Å². The number of aliphatic hydroxyl groups excluding tert-OH is 1. The van der Waals surface area contributed by atoms with Gasteiger partial charge in [-0.25, -0.2) is 0 Å². The summed E-state index contributed by atoms with van der Waals surface area (Å²) in [5.74, 6) is 1.52. The van der Waals surface area contributed by atoms with Gasteiger partial charge < -0.3 is 14.9 Å². The van der Waals surface area contributed by atoms with Crippen molar-refractivity contribution in [1.29, 1.82) is 0 Å². The van der Waals surface area contributed by atoms with Crippen molar-refractivity contribution in [3.63, 3.8) is 0 Å². The molecule has 0 aromatic carbocycles. The SMILES string of the molecule is CSCCC(O)C(=O)NCc1cc(CC(C)C)no1. The third-order valence-corrected chi connectivity index (χ3v) is 3.20. The van der Waals surface area contributed by atoms with E-state index in [4.69, 9.17) is 4.52 Å². The minimum absolute atomic E-state index is 0.264. The van der Waals surface area contributed by atoms with Gasteiger partial charge in [0.05, 0.1) is 12.2 Å². The van der Waals surface area contributed by atoms with Crippen LogP contribution in [0.15, 0.2) is 10.6 Å². The number of amides is 1. The van der Waals surface area contributed by atoms with Crippen molar-refractivity contribution in [2.45, 2.75) is 39.3 Å². The number of rotatable bonds is 8. The van der Waals surface area contributed by atoms with Crippen LogP contribution in [0.25, 0.3) is 0 Å². The summed E-state index contributed by atoms with van der Waals surface area (Å²) in [7, 11) is 0. The average Bonchev–Trinajstić information content (AvgIpc) is 2.79. The molecule has 0 aliphatic heterocycles. The molecule has 0 fully saturated rings. The average molecular weight is 286 g/mol. The molecular formula is C13H22N2O3S. The number of nitrogens with zero attached hydrogens (tertiary/aromatic N) is 1. The van der Waals surface area contributed by atoms with E-state index in [1.54, 1.807) is 11.8 Å². The summed E-state index contributed by atoms with van der Waals surface area (Å²) in [4.78, 5) is 11.6. The summed E-state index contributed by atoms with van der Waals surface area (Å²) in [6.45, 7) is 4.48. The molecule has 108 valence electrons. The normalized spacial score (nSPS) is 12.7. The van der Waals surface area contributed by atoms with Crippen molar-refractivity contribution in [3.8, 4) is 0 Å². The summed E-state index contributed by atoms with van der Waals surface area (Å²) in [5, 5.41) is 16.2. The number of hydrogen-bond donors (Lipinski definition) is 2. The highest BCUT2D eigenvalue weighted by atomic mass is 32.2. The summed E-state index contributed by atoms with van der Waals surface area (Å²) in [5.41, 5.74) is 0.891. The van der Waals surface area contributed by atoms with E-state index in [0.717, 1.165) is 17.9 Å². The van der Waals surface area contributed by atoms with Gasteiger partial charge in [-0.05, 0) is 30.8 Å². The number of aliphatic hydroxyl groups is 1. The first-order valence-electron chi connectivity index (χ1n) is 6.42. The lowest BCUT2D eigenvalue weighted by Gasteiger charge is -2.09. The van der Waals surface area contributed by atoms with Crippen LogP contribution in [0, 0.1) is 5.92 Å². The van der Waals surface area contributed by atoms with Crippen LogP contribution in [0.1, 0.15) is 31.7 Å². The molecule has 0 saturated carbocycles. The number of aromatic nitrogens is 1. The molecule has 1 aromatic heterocycles. The largest absolute Gasteiger partial charge is 0.383 e. The van der Waals surface area contributed by atoms with Gasteiger partial charge >= 0.3 is 0 Å². The monoisotopic (exact) mass is 286 g/mol. The zero-order valence-corrected chi connectivity index (χ0v) is 12.5. The first-order valence-corrected chi connectivity index (χ1v) is 7.81. The van der Waals surface area contributed by atoms with Crippen LogP contribution in [0.5, 0.6) is 0 Å². The van der Waals surface area contributed by atoms with Crippen LogP contribution in [0.3, 0.4) is 0 Å². The highest BCUT2D eigenvalue weighted by Crippen LogP contribution is 2.09. The molecule has 1 amide bonds. The fourth-order valence-corrected chi connectivity index (χ4v) is 2.07. The van der Waals surface area contributed by atoms with Crippen molar-refractivity contribution < 1.29 is 14.4 Å². The Balaban J connectivity index is 2.35. The second kappa shape index (κ2) is 8.22. The third-order valence-electron chi connectivity index (χ3n) is 2.56. The van der Waals surface area contributed by atoms with Crippen molar-refractivity contribution >= 4 is 17.7 Å². The minimum Gasteiger partial charge on any atom is -0.383 e. The molecule has 1 heterocycles. The first-order chi connectivity index (χ1) is 9.02. The van der Waals surface area contributed by atoms with Gasteiger partial charge in [-0.3, -0.25) is 4.79 Å². The fourth-order valence-electron chi connectivity index (χ4n) is 1.61. The van der Waals surface area contributed by atoms with E-state index in [0.29, 0.717) is 18.1 Å². The maximum atomic E-state index is 11.6. The smallest absolute Gasteiger partial charge is 0.249 e. The lowest BCUT2D eigenvalue weighted by molar-refractivity contribution is -0.129. The molecule has 1 unspecified atom stereocenters. The van der Waals surface area contributed by atoms with E-state index in [9.17, 15) is 9.90 Å². The zero-order chi connectivity index (χ0) is 14.3. The third kappa shape index (κ3) is 6.11. The highest BCUT2D eigenvalue weighted by molar-refractivity contribution is 7.98. The summed E-state index contributed by atoms with van der Waals surface area (Å²) in [6.07, 6.45) is 2.30. The Kier molecular flexibility index (Phi) is 6.94. The van der Waals surface area contributed by atoms with Crippen LogP contribution >= 0.6 is 11.8 Å². The first kappa shape index (κ1) is 16.0. The Bertz CT molecular complexity index is 393. The maximum absolute atomic E-state index is 11.6. The molecule has 1 atom stereocenters. The lowest BCUT2D eigenvalue weighted by Crippen LogP contribution is -2.34. The van der Waals surface area contributed by atoms with Crippen LogP contribution in [-0.2, 0) is 17.8 Å². The lowest BCUT2D eigenvalue weighted by atomic mass is 10.1. The van der Waals surface area contributed by atoms with Gasteiger partial charge in [0.1, 0.15) is 6.10 Å². The van der Waals surface area contributed by atoms with Crippen LogP contribution in [0.2, 0.25) is 0 Å². The maximum Gasteiger partial charge on any atom is 0.249 e. The van der Waals surface area contributed by atoms with Crippen molar-refractivity contribution in [2.24, 2.45) is 5.92 Å². The van der Waals surface area contributed by atoms with Gasteiger partial charge in [0.15, 0.2) is 5.76 Å². The molecule has 19 heavy (non-hydrogen) atoms. The number of carbonyl (C=O) groups is 1. The van der Waals surface area contributed by atoms with Crippen LogP contribution in [-0.4, -0.2) is 34.3 Å². The predicted octanol–water partition coefficient (Wildman–Crippen LogP) is 1.60. The topological polar surface area (TPSA) is 75.4 Å². The second-order valence-corrected chi connectivity index (χ2v) is 5.88. The molecule has 6 heteroatoms. The molecule has 1 aromatic rings. The number of hydrogen-bond acceptors (Lipinski definition) is 5. The molecule has 1 rings (SSSR count). The van der Waals surface area contributed by atoms with E-state index in [-0.39, 0.29) is 12.5 Å². The van der Waals surface area contributed by atoms with E-state index in [2.05, 4.69) is 24.3 Å². The Labute approximate surface area is 118 Å². The fraction of sp³-hybridized carbons (Fsp3) is 0.692. The predicted molar refractivity (Wildman–Crippen MR) is 75.9 cm³/mol. The van der Waals surface area contributed by atoms with Crippen LogP contribution < -0.4 is 5.32 Å². The zero-order valence-electron chi connectivity index (χ0n) is 11.7. The van der Waals surface area contributed by atoms with E-state index >= 15 is 0 Å². The molecule has 2 N–H and O–H groups in total. The van der Waals surface area contributed by atoms with Gasteiger partial charge in [0.25, 0.3) is 0 Å². The molecule has 0 bridgehead atoms. The van der Waals surface area contributed by atoms with Gasteiger partial charge in [0, 0.05) is 6.07 Å². The summed E-state index contributed by atoms with van der Waals surface area (Å²) in [6, 6.07) is 1.84. The van der Waals surface area contributed by atoms with E-state index in [1.165, 1.54) is 0 Å². The van der Waals surface area contributed by atoms with E-state index in [1.807, 2.05) is 12.3 Å². The molecule has 0 radical (unpaired) electrons. The Hall–Kier alpha value is -1.01. The molecule has 0 aliphatic rings. The molecule has 0 spiro atoms. The van der Waals surface area contributed by atoms with Crippen molar-refractivity contribution in [3.05, 3.63) is 17.5 Å². The van der Waals surface area contributed by atoms with Gasteiger partial charge in [0.2, 0.25) is 5.91 Å². The number of thioether (sulfide) groups is 1. The molecule has 0 saturated heterocycles. The second-order valence-electron chi connectivity index (χ2n) is 4.90.